The average Bonchev–Trinajstić information content (AvgIpc) is 2.20. The van der Waals surface area contributed by atoms with E-state index in [9.17, 15) is 4.79 Å². The van der Waals surface area contributed by atoms with E-state index in [0.29, 0.717) is 18.6 Å². The Morgan fingerprint density at radius 2 is 1.54 bits per heavy atom. The monoisotopic (exact) mass is 208 g/mol. The number of hydrogen-bond donors (Lipinski definition) is 0. The van der Waals surface area contributed by atoms with Gasteiger partial charge in [-0.05, 0) is 0 Å². The minimum absolute atomic E-state index is 0. The molecule has 0 aromatic rings. The number of hydrogen-bond acceptors (Lipinski definition) is 1. The van der Waals surface area contributed by atoms with Crippen molar-refractivity contribution in [3.05, 3.63) is 6.42 Å². The molecule has 0 heterocycles. The molecule has 0 aromatic heterocycles. The van der Waals surface area contributed by atoms with Crippen molar-refractivity contribution in [3.8, 4) is 0 Å². The van der Waals surface area contributed by atoms with Gasteiger partial charge in [0.1, 0.15) is 5.78 Å². The van der Waals surface area contributed by atoms with Gasteiger partial charge in [0.15, 0.2) is 0 Å². The van der Waals surface area contributed by atoms with E-state index in [-0.39, 0.29) is 51.4 Å². The first-order valence-corrected chi connectivity index (χ1v) is 5.14. The Bertz CT molecular complexity index is 91.1. The van der Waals surface area contributed by atoms with E-state index in [1.54, 1.807) is 0 Å². The van der Waals surface area contributed by atoms with Gasteiger partial charge in [0.25, 0.3) is 0 Å². The Morgan fingerprint density at radius 1 is 1.08 bits per heavy atom. The number of ketones is 1. The minimum Gasteiger partial charge on any atom is -0.328 e. The Morgan fingerprint density at radius 3 is 1.62 bits per heavy atom. The fraction of sp³-hybridized carbons (Fsp3) is 0.818. The number of carbonyl (C=O) groups is 1. The summed E-state index contributed by atoms with van der Waals surface area (Å²) >= 11 is 0. The van der Waals surface area contributed by atoms with Crippen molar-refractivity contribution in [1.82, 2.24) is 0 Å². The van der Waals surface area contributed by atoms with Crippen molar-refractivity contribution in [2.24, 2.45) is 0 Å². The third-order valence-corrected chi connectivity index (χ3v) is 2.11. The summed E-state index contributed by atoms with van der Waals surface area (Å²) in [7, 11) is 0. The summed E-state index contributed by atoms with van der Waals surface area (Å²) in [4.78, 5) is 10.2. The molecule has 72 valence electrons. The molecular weight excluding hydrogens is 187 g/mol. The first-order chi connectivity index (χ1) is 5.81. The van der Waals surface area contributed by atoms with Crippen molar-refractivity contribution < 1.29 is 56.2 Å². The second-order valence-corrected chi connectivity index (χ2v) is 3.17. The standard InChI is InChI=1S/C6H11.C5H10O.K/c1-2-4-6-5-3-1;1-3-5(6)4-2;/h1H,2-6H2;3-4H2,1-2H3;/q-1;;+1. The van der Waals surface area contributed by atoms with Crippen LogP contribution < -0.4 is 51.4 Å². The molecule has 0 aliphatic heterocycles. The zero-order chi connectivity index (χ0) is 9.23. The first kappa shape index (κ1) is 16.7. The Labute approximate surface area is 125 Å². The quantitative estimate of drug-likeness (QED) is 0.478. The molecule has 0 saturated heterocycles. The van der Waals surface area contributed by atoms with Crippen LogP contribution in [0.3, 0.4) is 0 Å². The molecule has 0 bridgehead atoms. The number of carbonyl (C=O) groups excluding carboxylic acids is 1. The normalized spacial score (nSPS) is 14.9. The van der Waals surface area contributed by atoms with E-state index in [4.69, 9.17) is 0 Å². The Hall–Kier alpha value is 1.31. The van der Waals surface area contributed by atoms with Crippen molar-refractivity contribution in [2.75, 3.05) is 0 Å². The number of Topliss-reactive ketones (excluding diaryl/α,β-unsaturated/α-hetero) is 1. The molecule has 2 heteroatoms. The molecule has 1 aliphatic carbocycles. The molecule has 1 rings (SSSR count). The summed E-state index contributed by atoms with van der Waals surface area (Å²) in [6, 6.07) is 0. The van der Waals surface area contributed by atoms with Gasteiger partial charge in [0, 0.05) is 12.8 Å². The molecule has 13 heavy (non-hydrogen) atoms. The van der Waals surface area contributed by atoms with Gasteiger partial charge in [-0.3, -0.25) is 4.79 Å². The smallest absolute Gasteiger partial charge is 0.328 e. The minimum atomic E-state index is 0. The van der Waals surface area contributed by atoms with Gasteiger partial charge in [-0.25, -0.2) is 0 Å². The van der Waals surface area contributed by atoms with Crippen LogP contribution in [0.25, 0.3) is 0 Å². The average molecular weight is 208 g/mol. The molecule has 1 nitrogen and oxygen atoms in total. The fourth-order valence-electron chi connectivity index (χ4n) is 1.15. The maximum Gasteiger partial charge on any atom is 1.00 e. The van der Waals surface area contributed by atoms with E-state index < -0.39 is 0 Å². The fourth-order valence-corrected chi connectivity index (χ4v) is 1.15. The summed E-state index contributed by atoms with van der Waals surface area (Å²) < 4.78 is 0. The third-order valence-electron chi connectivity index (χ3n) is 2.11. The second-order valence-electron chi connectivity index (χ2n) is 3.17. The second kappa shape index (κ2) is 13.3. The van der Waals surface area contributed by atoms with Gasteiger partial charge in [0.05, 0.1) is 0 Å². The maximum absolute atomic E-state index is 10.2. The van der Waals surface area contributed by atoms with Crippen LogP contribution in [0.4, 0.5) is 0 Å². The van der Waals surface area contributed by atoms with Gasteiger partial charge in [-0.15, -0.1) is 0 Å². The largest absolute Gasteiger partial charge is 1.00 e. The predicted octanol–water partition coefficient (Wildman–Crippen LogP) is 0.534. The van der Waals surface area contributed by atoms with Crippen molar-refractivity contribution in [2.45, 2.75) is 58.8 Å². The van der Waals surface area contributed by atoms with Crippen LogP contribution in [0, 0.1) is 6.42 Å². The molecule has 1 aliphatic rings. The van der Waals surface area contributed by atoms with E-state index in [1.165, 1.54) is 32.1 Å². The van der Waals surface area contributed by atoms with Gasteiger partial charge in [-0.1, -0.05) is 33.1 Å². The van der Waals surface area contributed by atoms with Gasteiger partial charge in [-0.2, -0.15) is 12.8 Å². The molecule has 0 spiro atoms. The van der Waals surface area contributed by atoms with Crippen LogP contribution in [-0.4, -0.2) is 5.78 Å². The molecule has 0 atom stereocenters. The van der Waals surface area contributed by atoms with Crippen LogP contribution in [0.1, 0.15) is 58.8 Å². The van der Waals surface area contributed by atoms with Gasteiger partial charge < -0.3 is 6.42 Å². The number of rotatable bonds is 2. The van der Waals surface area contributed by atoms with Gasteiger partial charge in [0.2, 0.25) is 0 Å². The Kier molecular flexibility index (Phi) is 17.1. The van der Waals surface area contributed by atoms with E-state index in [2.05, 4.69) is 6.42 Å². The van der Waals surface area contributed by atoms with E-state index in [0.717, 1.165) is 0 Å². The van der Waals surface area contributed by atoms with Crippen molar-refractivity contribution in [3.63, 3.8) is 0 Å². The third kappa shape index (κ3) is 13.3. The SMILES string of the molecule is CCC(=O)CC.[CH-]1CCCCC1.[K+]. The van der Waals surface area contributed by atoms with Crippen LogP contribution in [0.2, 0.25) is 0 Å². The molecular formula is C11H21KO. The summed E-state index contributed by atoms with van der Waals surface area (Å²) in [5.41, 5.74) is 0. The summed E-state index contributed by atoms with van der Waals surface area (Å²) in [6.45, 7) is 3.76. The van der Waals surface area contributed by atoms with Crippen LogP contribution in [-0.2, 0) is 4.79 Å². The first-order valence-electron chi connectivity index (χ1n) is 5.14. The molecule has 1 fully saturated rings. The molecule has 0 N–H and O–H groups in total. The van der Waals surface area contributed by atoms with Crippen LogP contribution >= 0.6 is 0 Å². The Balaban J connectivity index is 0. The van der Waals surface area contributed by atoms with Crippen LogP contribution in [0.5, 0.6) is 0 Å². The summed E-state index contributed by atoms with van der Waals surface area (Å²) in [6.07, 6.45) is 10.9. The maximum atomic E-state index is 10.2. The zero-order valence-electron chi connectivity index (χ0n) is 9.44. The van der Waals surface area contributed by atoms with E-state index >= 15 is 0 Å². The van der Waals surface area contributed by atoms with Crippen LogP contribution in [0.15, 0.2) is 0 Å². The van der Waals surface area contributed by atoms with E-state index in [1.807, 2.05) is 13.8 Å². The van der Waals surface area contributed by atoms with Crippen molar-refractivity contribution >= 4 is 5.78 Å². The topological polar surface area (TPSA) is 17.1 Å². The summed E-state index contributed by atoms with van der Waals surface area (Å²) in [5.74, 6) is 0.343. The predicted molar refractivity (Wildman–Crippen MR) is 53.0 cm³/mol. The molecule has 1 saturated carbocycles. The molecule has 0 aromatic carbocycles. The van der Waals surface area contributed by atoms with Gasteiger partial charge >= 0.3 is 51.4 Å². The van der Waals surface area contributed by atoms with Crippen molar-refractivity contribution in [1.29, 1.82) is 0 Å². The molecule has 0 unspecified atom stereocenters. The zero-order valence-corrected chi connectivity index (χ0v) is 12.6. The summed E-state index contributed by atoms with van der Waals surface area (Å²) in [5, 5.41) is 0. The molecule has 0 radical (unpaired) electrons. The molecule has 0 amide bonds.